The maximum Gasteiger partial charge on any atom is 0.253 e. The van der Waals surface area contributed by atoms with E-state index in [0.717, 1.165) is 30.9 Å². The fraction of sp³-hybridized carbons (Fsp3) is 0.263. The van der Waals surface area contributed by atoms with Crippen LogP contribution in [0.2, 0.25) is 0 Å². The molecule has 0 aromatic carbocycles. The van der Waals surface area contributed by atoms with E-state index in [4.69, 9.17) is 4.98 Å². The van der Waals surface area contributed by atoms with E-state index in [1.807, 2.05) is 33.9 Å². The maximum atomic E-state index is 12.7. The molecule has 4 heterocycles. The standard InChI is InChI=1S/C19H19N5O/c25-19(15-6-8-20-9-7-15)23-11-2-3-16(13-23)17-4-1-5-18(22-17)24-12-10-21-14-24/h1,4-10,12,14,16H,2-3,11,13H2/t16-/m0/s1. The number of carbonyl (C=O) groups excluding carboxylic acids is 1. The van der Waals surface area contributed by atoms with Crippen LogP contribution >= 0.6 is 0 Å². The van der Waals surface area contributed by atoms with E-state index in [1.54, 1.807) is 37.1 Å². The highest BCUT2D eigenvalue weighted by Gasteiger charge is 2.26. The first kappa shape index (κ1) is 15.5. The predicted octanol–water partition coefficient (Wildman–Crippen LogP) is 2.68. The van der Waals surface area contributed by atoms with E-state index >= 15 is 0 Å². The summed E-state index contributed by atoms with van der Waals surface area (Å²) in [5, 5.41) is 0. The van der Waals surface area contributed by atoms with Crippen LogP contribution in [0.4, 0.5) is 0 Å². The number of amides is 1. The fourth-order valence-corrected chi connectivity index (χ4v) is 3.29. The summed E-state index contributed by atoms with van der Waals surface area (Å²) < 4.78 is 1.90. The minimum Gasteiger partial charge on any atom is -0.338 e. The molecule has 4 rings (SSSR count). The number of aromatic nitrogens is 4. The van der Waals surface area contributed by atoms with Crippen LogP contribution in [0.3, 0.4) is 0 Å². The Bertz CT molecular complexity index is 847. The largest absolute Gasteiger partial charge is 0.338 e. The molecule has 0 aliphatic carbocycles. The molecular weight excluding hydrogens is 314 g/mol. The molecule has 6 heteroatoms. The van der Waals surface area contributed by atoms with Crippen LogP contribution in [0.25, 0.3) is 5.82 Å². The lowest BCUT2D eigenvalue weighted by Gasteiger charge is -2.32. The number of piperidine rings is 1. The summed E-state index contributed by atoms with van der Waals surface area (Å²) in [5.74, 6) is 1.17. The summed E-state index contributed by atoms with van der Waals surface area (Å²) >= 11 is 0. The van der Waals surface area contributed by atoms with Gasteiger partial charge < -0.3 is 4.90 Å². The van der Waals surface area contributed by atoms with E-state index < -0.39 is 0 Å². The highest BCUT2D eigenvalue weighted by Crippen LogP contribution is 2.27. The Morgan fingerprint density at radius 1 is 1.08 bits per heavy atom. The van der Waals surface area contributed by atoms with Gasteiger partial charge in [0.15, 0.2) is 0 Å². The molecule has 1 fully saturated rings. The van der Waals surface area contributed by atoms with Crippen molar-refractivity contribution in [3.05, 3.63) is 72.7 Å². The summed E-state index contributed by atoms with van der Waals surface area (Å²) in [4.78, 5) is 27.5. The summed E-state index contributed by atoms with van der Waals surface area (Å²) in [7, 11) is 0. The van der Waals surface area contributed by atoms with Gasteiger partial charge in [0.2, 0.25) is 0 Å². The monoisotopic (exact) mass is 333 g/mol. The Morgan fingerprint density at radius 3 is 2.76 bits per heavy atom. The Kier molecular flexibility index (Phi) is 4.24. The molecule has 0 spiro atoms. The van der Waals surface area contributed by atoms with Gasteiger partial charge in [-0.3, -0.25) is 14.3 Å². The summed E-state index contributed by atoms with van der Waals surface area (Å²) in [6, 6.07) is 9.56. The van der Waals surface area contributed by atoms with Gasteiger partial charge in [-0.05, 0) is 37.1 Å². The number of pyridine rings is 2. The number of likely N-dealkylation sites (tertiary alicyclic amines) is 1. The fourth-order valence-electron chi connectivity index (χ4n) is 3.29. The highest BCUT2D eigenvalue weighted by molar-refractivity contribution is 5.94. The minimum absolute atomic E-state index is 0.0675. The average Bonchev–Trinajstić information content (AvgIpc) is 3.23. The topological polar surface area (TPSA) is 63.9 Å². The number of carbonyl (C=O) groups is 1. The van der Waals surface area contributed by atoms with Gasteiger partial charge in [0, 0.05) is 55.1 Å². The van der Waals surface area contributed by atoms with Crippen LogP contribution in [0.1, 0.15) is 34.8 Å². The molecule has 0 radical (unpaired) electrons. The van der Waals surface area contributed by atoms with E-state index in [-0.39, 0.29) is 11.8 Å². The SMILES string of the molecule is O=C(c1ccncc1)N1CCC[C@H](c2cccc(-n3ccnc3)n2)C1. The third-order valence-electron chi connectivity index (χ3n) is 4.58. The molecule has 3 aromatic heterocycles. The van der Waals surface area contributed by atoms with E-state index in [0.29, 0.717) is 12.1 Å². The van der Waals surface area contributed by atoms with Gasteiger partial charge in [-0.2, -0.15) is 0 Å². The van der Waals surface area contributed by atoms with Crippen molar-refractivity contribution in [3.63, 3.8) is 0 Å². The molecular formula is C19H19N5O. The van der Waals surface area contributed by atoms with Crippen molar-refractivity contribution in [1.29, 1.82) is 0 Å². The summed E-state index contributed by atoms with van der Waals surface area (Å²) in [5.41, 5.74) is 1.72. The van der Waals surface area contributed by atoms with Crippen molar-refractivity contribution in [1.82, 2.24) is 24.4 Å². The van der Waals surface area contributed by atoms with Gasteiger partial charge in [0.05, 0.1) is 0 Å². The lowest BCUT2D eigenvalue weighted by atomic mass is 9.94. The van der Waals surface area contributed by atoms with Crippen LogP contribution in [0.5, 0.6) is 0 Å². The molecule has 3 aromatic rings. The van der Waals surface area contributed by atoms with Gasteiger partial charge >= 0.3 is 0 Å². The van der Waals surface area contributed by atoms with Gasteiger partial charge in [-0.15, -0.1) is 0 Å². The van der Waals surface area contributed by atoms with Gasteiger partial charge in [0.25, 0.3) is 5.91 Å². The second-order valence-corrected chi connectivity index (χ2v) is 6.22. The molecule has 6 nitrogen and oxygen atoms in total. The molecule has 126 valence electrons. The molecule has 1 aliphatic heterocycles. The lowest BCUT2D eigenvalue weighted by molar-refractivity contribution is 0.0706. The Labute approximate surface area is 146 Å². The second kappa shape index (κ2) is 6.84. The van der Waals surface area contributed by atoms with Crippen molar-refractivity contribution in [3.8, 4) is 5.82 Å². The minimum atomic E-state index is 0.0675. The number of rotatable bonds is 3. The van der Waals surface area contributed by atoms with Crippen molar-refractivity contribution in [2.75, 3.05) is 13.1 Å². The van der Waals surface area contributed by atoms with Gasteiger partial charge in [0.1, 0.15) is 12.1 Å². The zero-order chi connectivity index (χ0) is 17.1. The van der Waals surface area contributed by atoms with Crippen molar-refractivity contribution in [2.24, 2.45) is 0 Å². The number of imidazole rings is 1. The molecule has 0 unspecified atom stereocenters. The predicted molar refractivity (Wildman–Crippen MR) is 93.5 cm³/mol. The third kappa shape index (κ3) is 3.28. The first-order valence-corrected chi connectivity index (χ1v) is 8.46. The van der Waals surface area contributed by atoms with Crippen molar-refractivity contribution < 1.29 is 4.79 Å². The first-order valence-electron chi connectivity index (χ1n) is 8.46. The zero-order valence-corrected chi connectivity index (χ0v) is 13.8. The van der Waals surface area contributed by atoms with Crippen LogP contribution in [-0.4, -0.2) is 43.4 Å². The molecule has 0 bridgehead atoms. The van der Waals surface area contributed by atoms with E-state index in [2.05, 4.69) is 9.97 Å². The van der Waals surface area contributed by atoms with Crippen LogP contribution in [-0.2, 0) is 0 Å². The summed E-state index contributed by atoms with van der Waals surface area (Å²) in [6.45, 7) is 1.49. The van der Waals surface area contributed by atoms with E-state index in [9.17, 15) is 4.79 Å². The van der Waals surface area contributed by atoms with Crippen LogP contribution in [0.15, 0.2) is 61.4 Å². The average molecular weight is 333 g/mol. The smallest absolute Gasteiger partial charge is 0.253 e. The van der Waals surface area contributed by atoms with Crippen LogP contribution in [0, 0.1) is 0 Å². The molecule has 0 saturated carbocycles. The first-order chi connectivity index (χ1) is 12.3. The molecule has 1 saturated heterocycles. The Morgan fingerprint density at radius 2 is 1.96 bits per heavy atom. The highest BCUT2D eigenvalue weighted by atomic mass is 16.2. The number of hydrogen-bond acceptors (Lipinski definition) is 4. The van der Waals surface area contributed by atoms with Crippen molar-refractivity contribution >= 4 is 5.91 Å². The van der Waals surface area contributed by atoms with E-state index in [1.165, 1.54) is 0 Å². The van der Waals surface area contributed by atoms with Gasteiger partial charge in [-0.1, -0.05) is 6.07 Å². The van der Waals surface area contributed by atoms with Gasteiger partial charge in [-0.25, -0.2) is 9.97 Å². The number of nitrogens with zero attached hydrogens (tertiary/aromatic N) is 5. The molecule has 25 heavy (non-hydrogen) atoms. The van der Waals surface area contributed by atoms with Crippen LogP contribution < -0.4 is 0 Å². The third-order valence-corrected chi connectivity index (χ3v) is 4.58. The quantitative estimate of drug-likeness (QED) is 0.739. The molecule has 1 atom stereocenters. The Balaban J connectivity index is 1.54. The Hall–Kier alpha value is -3.02. The molecule has 1 aliphatic rings. The second-order valence-electron chi connectivity index (χ2n) is 6.22. The zero-order valence-electron chi connectivity index (χ0n) is 13.8. The summed E-state index contributed by atoms with van der Waals surface area (Å²) in [6.07, 6.45) is 10.7. The molecule has 0 N–H and O–H groups in total. The van der Waals surface area contributed by atoms with Crippen molar-refractivity contribution in [2.45, 2.75) is 18.8 Å². The molecule has 1 amide bonds. The lowest BCUT2D eigenvalue weighted by Crippen LogP contribution is -2.39. The maximum absolute atomic E-state index is 12.7. The number of hydrogen-bond donors (Lipinski definition) is 0. The normalized spacial score (nSPS) is 17.4.